The molecule has 23 heavy (non-hydrogen) atoms. The molecule has 2 heterocycles. The van der Waals surface area contributed by atoms with E-state index in [1.807, 2.05) is 24.3 Å². The van der Waals surface area contributed by atoms with E-state index in [2.05, 4.69) is 41.0 Å². The monoisotopic (exact) mass is 306 g/mol. The molecule has 116 valence electrons. The molecule has 0 aliphatic carbocycles. The molecule has 3 aromatic rings. The summed E-state index contributed by atoms with van der Waals surface area (Å²) in [5.74, 6) is -0.207. The van der Waals surface area contributed by atoms with Crippen molar-refractivity contribution in [2.45, 2.75) is 26.2 Å². The predicted molar refractivity (Wildman–Crippen MR) is 90.4 cm³/mol. The zero-order chi connectivity index (χ0) is 16.4. The van der Waals surface area contributed by atoms with Crippen molar-refractivity contribution in [2.24, 2.45) is 0 Å². The van der Waals surface area contributed by atoms with Crippen LogP contribution in [0, 0.1) is 0 Å². The Kier molecular flexibility index (Phi) is 3.78. The van der Waals surface area contributed by atoms with Crippen LogP contribution in [0.15, 0.2) is 48.9 Å². The SMILES string of the molecule is CC(C)(C)c1ccccc1NC(=O)c1cnc2nccnc2c1. The maximum absolute atomic E-state index is 12.5. The van der Waals surface area contributed by atoms with Crippen molar-refractivity contribution < 1.29 is 4.79 Å². The van der Waals surface area contributed by atoms with Gasteiger partial charge in [-0.15, -0.1) is 0 Å². The molecule has 0 aliphatic rings. The van der Waals surface area contributed by atoms with E-state index in [4.69, 9.17) is 0 Å². The minimum atomic E-state index is -0.207. The van der Waals surface area contributed by atoms with Crippen LogP contribution in [0.1, 0.15) is 36.7 Å². The smallest absolute Gasteiger partial charge is 0.257 e. The highest BCUT2D eigenvalue weighted by Crippen LogP contribution is 2.29. The molecule has 1 N–H and O–H groups in total. The van der Waals surface area contributed by atoms with E-state index in [0.29, 0.717) is 16.7 Å². The van der Waals surface area contributed by atoms with Gasteiger partial charge in [-0.3, -0.25) is 9.78 Å². The van der Waals surface area contributed by atoms with Gasteiger partial charge < -0.3 is 5.32 Å². The van der Waals surface area contributed by atoms with Gasteiger partial charge in [0.05, 0.1) is 5.56 Å². The number of nitrogens with one attached hydrogen (secondary N) is 1. The van der Waals surface area contributed by atoms with Crippen LogP contribution in [-0.2, 0) is 5.41 Å². The van der Waals surface area contributed by atoms with Gasteiger partial charge in [-0.2, -0.15) is 0 Å². The Hall–Kier alpha value is -2.82. The number of aromatic nitrogens is 3. The topological polar surface area (TPSA) is 67.8 Å². The highest BCUT2D eigenvalue weighted by atomic mass is 16.1. The second-order valence-electron chi connectivity index (χ2n) is 6.37. The molecular weight excluding hydrogens is 288 g/mol. The fraction of sp³-hybridized carbons (Fsp3) is 0.222. The van der Waals surface area contributed by atoms with Gasteiger partial charge in [0, 0.05) is 24.3 Å². The number of hydrogen-bond acceptors (Lipinski definition) is 4. The predicted octanol–water partition coefficient (Wildman–Crippen LogP) is 3.57. The molecule has 0 saturated carbocycles. The van der Waals surface area contributed by atoms with Gasteiger partial charge in [0.15, 0.2) is 5.65 Å². The number of benzene rings is 1. The maximum Gasteiger partial charge on any atom is 0.257 e. The van der Waals surface area contributed by atoms with Gasteiger partial charge in [0.1, 0.15) is 5.52 Å². The number of para-hydroxylation sites is 1. The van der Waals surface area contributed by atoms with Crippen molar-refractivity contribution in [3.05, 3.63) is 60.0 Å². The summed E-state index contributed by atoms with van der Waals surface area (Å²) in [6.07, 6.45) is 4.68. The number of fused-ring (bicyclic) bond motifs is 1. The first-order valence-electron chi connectivity index (χ1n) is 7.43. The molecule has 0 saturated heterocycles. The fourth-order valence-corrected chi connectivity index (χ4v) is 2.42. The molecule has 0 aliphatic heterocycles. The van der Waals surface area contributed by atoms with E-state index >= 15 is 0 Å². The molecule has 0 spiro atoms. The van der Waals surface area contributed by atoms with Gasteiger partial charge >= 0.3 is 0 Å². The van der Waals surface area contributed by atoms with Crippen LogP contribution in [0.25, 0.3) is 11.2 Å². The number of carbonyl (C=O) groups excluding carboxylic acids is 1. The first-order chi connectivity index (χ1) is 10.9. The van der Waals surface area contributed by atoms with E-state index in [1.54, 1.807) is 18.5 Å². The van der Waals surface area contributed by atoms with Gasteiger partial charge in [0.25, 0.3) is 5.91 Å². The summed E-state index contributed by atoms with van der Waals surface area (Å²) in [6, 6.07) is 9.52. The number of carbonyl (C=O) groups is 1. The summed E-state index contributed by atoms with van der Waals surface area (Å²) in [4.78, 5) is 25.0. The highest BCUT2D eigenvalue weighted by molar-refractivity contribution is 6.05. The Bertz CT molecular complexity index is 868. The summed E-state index contributed by atoms with van der Waals surface area (Å²) >= 11 is 0. The number of anilines is 1. The summed E-state index contributed by atoms with van der Waals surface area (Å²) in [6.45, 7) is 6.35. The van der Waals surface area contributed by atoms with E-state index in [0.717, 1.165) is 11.3 Å². The third-order valence-electron chi connectivity index (χ3n) is 3.57. The molecule has 0 bridgehead atoms. The van der Waals surface area contributed by atoms with Crippen LogP contribution >= 0.6 is 0 Å². The van der Waals surface area contributed by atoms with Gasteiger partial charge in [-0.05, 0) is 23.1 Å². The molecule has 3 rings (SSSR count). The lowest BCUT2D eigenvalue weighted by atomic mass is 9.86. The van der Waals surface area contributed by atoms with Crippen molar-refractivity contribution >= 4 is 22.8 Å². The Morgan fingerprint density at radius 2 is 1.78 bits per heavy atom. The molecule has 2 aromatic heterocycles. The third kappa shape index (κ3) is 3.18. The molecule has 0 fully saturated rings. The second-order valence-corrected chi connectivity index (χ2v) is 6.37. The average molecular weight is 306 g/mol. The summed E-state index contributed by atoms with van der Waals surface area (Å²) < 4.78 is 0. The lowest BCUT2D eigenvalue weighted by Gasteiger charge is -2.23. The van der Waals surface area contributed by atoms with Gasteiger partial charge in [-0.1, -0.05) is 39.0 Å². The van der Waals surface area contributed by atoms with Crippen LogP contribution < -0.4 is 5.32 Å². The minimum absolute atomic E-state index is 0.0585. The number of pyridine rings is 1. The lowest BCUT2D eigenvalue weighted by Crippen LogP contribution is -2.18. The normalized spacial score (nSPS) is 11.4. The quantitative estimate of drug-likeness (QED) is 0.786. The van der Waals surface area contributed by atoms with Crippen LogP contribution in [0.3, 0.4) is 0 Å². The zero-order valence-electron chi connectivity index (χ0n) is 13.4. The minimum Gasteiger partial charge on any atom is -0.322 e. The lowest BCUT2D eigenvalue weighted by molar-refractivity contribution is 0.102. The van der Waals surface area contributed by atoms with Crippen molar-refractivity contribution in [3.8, 4) is 0 Å². The number of amides is 1. The van der Waals surface area contributed by atoms with Crippen molar-refractivity contribution in [1.82, 2.24) is 15.0 Å². The molecule has 5 nitrogen and oxygen atoms in total. The summed E-state index contributed by atoms with van der Waals surface area (Å²) in [5, 5.41) is 2.97. The third-order valence-corrected chi connectivity index (χ3v) is 3.57. The first kappa shape index (κ1) is 15.1. The van der Waals surface area contributed by atoms with Crippen LogP contribution in [-0.4, -0.2) is 20.9 Å². The van der Waals surface area contributed by atoms with Crippen molar-refractivity contribution in [2.75, 3.05) is 5.32 Å². The summed E-state index contributed by atoms with van der Waals surface area (Å²) in [5.41, 5.74) is 3.42. The molecule has 0 radical (unpaired) electrons. The Morgan fingerprint density at radius 1 is 1.04 bits per heavy atom. The van der Waals surface area contributed by atoms with Crippen LogP contribution in [0.4, 0.5) is 5.69 Å². The van der Waals surface area contributed by atoms with E-state index in [9.17, 15) is 4.79 Å². The maximum atomic E-state index is 12.5. The first-order valence-corrected chi connectivity index (χ1v) is 7.43. The largest absolute Gasteiger partial charge is 0.322 e. The Balaban J connectivity index is 1.92. The average Bonchev–Trinajstić information content (AvgIpc) is 2.54. The Morgan fingerprint density at radius 3 is 2.57 bits per heavy atom. The Labute approximate surface area is 134 Å². The van der Waals surface area contributed by atoms with Crippen molar-refractivity contribution in [1.29, 1.82) is 0 Å². The van der Waals surface area contributed by atoms with Crippen LogP contribution in [0.5, 0.6) is 0 Å². The molecule has 1 aromatic carbocycles. The number of nitrogens with zero attached hydrogens (tertiary/aromatic N) is 3. The number of rotatable bonds is 2. The van der Waals surface area contributed by atoms with Gasteiger partial charge in [-0.25, -0.2) is 9.97 Å². The zero-order valence-corrected chi connectivity index (χ0v) is 13.4. The highest BCUT2D eigenvalue weighted by Gasteiger charge is 2.19. The summed E-state index contributed by atoms with van der Waals surface area (Å²) in [7, 11) is 0. The number of hydrogen-bond donors (Lipinski definition) is 1. The van der Waals surface area contributed by atoms with E-state index in [-0.39, 0.29) is 11.3 Å². The van der Waals surface area contributed by atoms with E-state index < -0.39 is 0 Å². The standard InChI is InChI=1S/C18H18N4O/c1-18(2,3)13-6-4-5-7-14(13)22-17(23)12-10-15-16(21-11-12)20-9-8-19-15/h4-11H,1-3H3,(H,22,23). The van der Waals surface area contributed by atoms with Crippen molar-refractivity contribution in [3.63, 3.8) is 0 Å². The molecule has 0 unspecified atom stereocenters. The fourth-order valence-electron chi connectivity index (χ4n) is 2.42. The second kappa shape index (κ2) is 5.76. The van der Waals surface area contributed by atoms with E-state index in [1.165, 1.54) is 6.20 Å². The van der Waals surface area contributed by atoms with Crippen LogP contribution in [0.2, 0.25) is 0 Å². The molecular formula is C18H18N4O. The molecule has 0 atom stereocenters. The van der Waals surface area contributed by atoms with Gasteiger partial charge in [0.2, 0.25) is 0 Å². The molecule has 1 amide bonds. The molecule has 5 heteroatoms.